The van der Waals surface area contributed by atoms with E-state index < -0.39 is 17.8 Å². The van der Waals surface area contributed by atoms with Crippen LogP contribution in [0.2, 0.25) is 5.02 Å². The van der Waals surface area contributed by atoms with E-state index in [-0.39, 0.29) is 31.5 Å². The maximum atomic E-state index is 14.1. The quantitative estimate of drug-likeness (QED) is 0.349. The number of aromatic nitrogens is 2. The van der Waals surface area contributed by atoms with Crippen LogP contribution in [-0.2, 0) is 16.1 Å². The van der Waals surface area contributed by atoms with Crippen molar-refractivity contribution in [3.8, 4) is 17.0 Å². The summed E-state index contributed by atoms with van der Waals surface area (Å²) in [5, 5.41) is 13.7. The topological polar surface area (TPSA) is 114 Å². The summed E-state index contributed by atoms with van der Waals surface area (Å²) in [6, 6.07) is 8.93. The number of amides is 1. The monoisotopic (exact) mass is 568 g/mol. The summed E-state index contributed by atoms with van der Waals surface area (Å²) in [4.78, 5) is 36.1. The van der Waals surface area contributed by atoms with Crippen LogP contribution >= 0.6 is 11.6 Å². The summed E-state index contributed by atoms with van der Waals surface area (Å²) in [7, 11) is 1.42. The third-order valence-electron chi connectivity index (χ3n) is 7.42. The predicted molar refractivity (Wildman–Crippen MR) is 147 cm³/mol. The van der Waals surface area contributed by atoms with Crippen LogP contribution in [0.1, 0.15) is 46.7 Å². The van der Waals surface area contributed by atoms with Gasteiger partial charge in [-0.1, -0.05) is 23.7 Å². The molecule has 0 aliphatic carbocycles. The Morgan fingerprint density at radius 1 is 1.27 bits per heavy atom. The lowest BCUT2D eigenvalue weighted by Crippen LogP contribution is -2.38. The first-order valence-electron chi connectivity index (χ1n) is 13.1. The van der Waals surface area contributed by atoms with Gasteiger partial charge in [0, 0.05) is 48.9 Å². The number of aliphatic hydroxyl groups is 1. The van der Waals surface area contributed by atoms with Crippen LogP contribution in [-0.4, -0.2) is 71.2 Å². The van der Waals surface area contributed by atoms with Gasteiger partial charge in [-0.3, -0.25) is 4.79 Å². The van der Waals surface area contributed by atoms with Gasteiger partial charge in [0.1, 0.15) is 17.9 Å². The summed E-state index contributed by atoms with van der Waals surface area (Å²) in [6.45, 7) is 1.26. The molecule has 5 rings (SSSR count). The van der Waals surface area contributed by atoms with E-state index in [4.69, 9.17) is 21.1 Å². The summed E-state index contributed by atoms with van der Waals surface area (Å²) in [5.41, 5.74) is 2.85. The fourth-order valence-electron chi connectivity index (χ4n) is 5.20. The molecule has 2 atom stereocenters. The Morgan fingerprint density at radius 2 is 2.08 bits per heavy atom. The molecular formula is C29H30ClFN4O5. The van der Waals surface area contributed by atoms with Gasteiger partial charge < -0.3 is 29.6 Å². The second kappa shape index (κ2) is 12.3. The van der Waals surface area contributed by atoms with E-state index in [1.165, 1.54) is 30.3 Å². The van der Waals surface area contributed by atoms with Crippen LogP contribution in [0.3, 0.4) is 0 Å². The number of hydrogen-bond acceptors (Lipinski definition) is 8. The predicted octanol–water partition coefficient (Wildman–Crippen LogP) is 4.23. The average Bonchev–Trinajstić information content (AvgIpc) is 3.30. The van der Waals surface area contributed by atoms with Gasteiger partial charge in [-0.05, 0) is 48.6 Å². The lowest BCUT2D eigenvalue weighted by Gasteiger charge is -2.27. The standard InChI is InChI=1S/C29H30ClFN4O5/c1-39-24-10-19(8-21(31)12-24)20(15-36)9-23(16-37)35-14-18-3-2-17(11-25(18)28(35)38)27-26(30)13-32-29(34-27)33-22-4-6-40-7-5-22/h2-3,8,10-13,16,20,22-23,36H,4-7,9,14-15H2,1H3,(H,32,33,34)/t20-,23?/m1/s1. The molecule has 11 heteroatoms. The SMILES string of the molecule is COc1cc(F)cc([C@@H](CO)CC(C=O)N2Cc3ccc(-c4nc(NC5CCOCC5)ncc4Cl)cc3C2=O)c1. The molecule has 1 aromatic heterocycles. The third-order valence-corrected chi connectivity index (χ3v) is 7.70. The molecular weight excluding hydrogens is 539 g/mol. The first-order chi connectivity index (χ1) is 19.4. The van der Waals surface area contributed by atoms with Crippen LogP contribution in [0.15, 0.2) is 42.6 Å². The molecule has 2 aromatic carbocycles. The molecule has 210 valence electrons. The van der Waals surface area contributed by atoms with Gasteiger partial charge in [0.15, 0.2) is 0 Å². The van der Waals surface area contributed by atoms with Gasteiger partial charge in [-0.15, -0.1) is 0 Å². The molecule has 0 spiro atoms. The van der Waals surface area contributed by atoms with Gasteiger partial charge in [-0.25, -0.2) is 14.4 Å². The number of rotatable bonds is 10. The molecule has 9 nitrogen and oxygen atoms in total. The van der Waals surface area contributed by atoms with Crippen molar-refractivity contribution in [2.75, 3.05) is 32.2 Å². The zero-order valence-corrected chi connectivity index (χ0v) is 22.7. The Kier molecular flexibility index (Phi) is 8.58. The minimum absolute atomic E-state index is 0.123. The second-order valence-corrected chi connectivity index (χ2v) is 10.4. The molecule has 0 bridgehead atoms. The van der Waals surface area contributed by atoms with Crippen LogP contribution in [0.4, 0.5) is 10.3 Å². The number of nitrogens with zero attached hydrogens (tertiary/aromatic N) is 3. The van der Waals surface area contributed by atoms with Gasteiger partial charge in [0.2, 0.25) is 5.95 Å². The lowest BCUT2D eigenvalue weighted by atomic mass is 9.92. The minimum Gasteiger partial charge on any atom is -0.497 e. The van der Waals surface area contributed by atoms with Crippen LogP contribution in [0.25, 0.3) is 11.3 Å². The normalized spacial score (nSPS) is 16.9. The van der Waals surface area contributed by atoms with E-state index in [0.29, 0.717) is 58.6 Å². The van der Waals surface area contributed by atoms with Crippen LogP contribution in [0.5, 0.6) is 5.75 Å². The van der Waals surface area contributed by atoms with E-state index in [1.807, 2.05) is 12.1 Å². The summed E-state index contributed by atoms with van der Waals surface area (Å²) in [6.07, 6.45) is 4.06. The van der Waals surface area contributed by atoms with Crippen LogP contribution in [0, 0.1) is 5.82 Å². The van der Waals surface area contributed by atoms with E-state index >= 15 is 0 Å². The molecule has 1 fully saturated rings. The van der Waals surface area contributed by atoms with Crippen molar-refractivity contribution in [3.05, 3.63) is 70.1 Å². The van der Waals surface area contributed by atoms with E-state index in [9.17, 15) is 19.1 Å². The number of aliphatic hydroxyl groups excluding tert-OH is 1. The zero-order chi connectivity index (χ0) is 28.2. The van der Waals surface area contributed by atoms with Crippen molar-refractivity contribution in [3.63, 3.8) is 0 Å². The maximum Gasteiger partial charge on any atom is 0.255 e. The number of benzene rings is 2. The van der Waals surface area contributed by atoms with E-state index in [0.717, 1.165) is 18.4 Å². The fourth-order valence-corrected chi connectivity index (χ4v) is 5.40. The molecule has 1 unspecified atom stereocenters. The number of fused-ring (bicyclic) bond motifs is 1. The summed E-state index contributed by atoms with van der Waals surface area (Å²) < 4.78 is 24.6. The van der Waals surface area contributed by atoms with Crippen molar-refractivity contribution < 1.29 is 28.6 Å². The van der Waals surface area contributed by atoms with Crippen molar-refractivity contribution in [1.29, 1.82) is 0 Å². The number of aldehydes is 1. The van der Waals surface area contributed by atoms with Crippen LogP contribution < -0.4 is 10.1 Å². The number of methoxy groups -OCH3 is 1. The fraction of sp³-hybridized carbons (Fsp3) is 0.379. The Balaban J connectivity index is 1.35. The lowest BCUT2D eigenvalue weighted by molar-refractivity contribution is -0.112. The Morgan fingerprint density at radius 3 is 2.80 bits per heavy atom. The van der Waals surface area contributed by atoms with Gasteiger partial charge in [0.05, 0.1) is 36.7 Å². The third kappa shape index (κ3) is 5.94. The van der Waals surface area contributed by atoms with Crippen molar-refractivity contribution in [2.45, 2.75) is 43.8 Å². The highest BCUT2D eigenvalue weighted by Crippen LogP contribution is 2.34. The molecule has 1 saturated heterocycles. The largest absolute Gasteiger partial charge is 0.497 e. The Hall–Kier alpha value is -3.60. The van der Waals surface area contributed by atoms with Crippen molar-refractivity contribution in [1.82, 2.24) is 14.9 Å². The number of halogens is 2. The molecule has 3 aromatic rings. The summed E-state index contributed by atoms with van der Waals surface area (Å²) in [5.74, 6) is -0.642. The Labute approximate surface area is 236 Å². The number of hydrogen-bond donors (Lipinski definition) is 2. The van der Waals surface area contributed by atoms with E-state index in [1.54, 1.807) is 12.1 Å². The highest BCUT2D eigenvalue weighted by molar-refractivity contribution is 6.33. The zero-order valence-electron chi connectivity index (χ0n) is 22.0. The highest BCUT2D eigenvalue weighted by atomic mass is 35.5. The molecule has 3 heterocycles. The smallest absolute Gasteiger partial charge is 0.255 e. The molecule has 1 amide bonds. The molecule has 40 heavy (non-hydrogen) atoms. The Bertz CT molecular complexity index is 1400. The molecule has 2 aliphatic heterocycles. The number of nitrogens with one attached hydrogen (secondary N) is 1. The number of anilines is 1. The van der Waals surface area contributed by atoms with Crippen molar-refractivity contribution >= 4 is 29.7 Å². The molecule has 2 aliphatic rings. The second-order valence-electron chi connectivity index (χ2n) is 9.97. The highest BCUT2D eigenvalue weighted by Gasteiger charge is 2.34. The molecule has 0 saturated carbocycles. The van der Waals surface area contributed by atoms with Gasteiger partial charge in [-0.2, -0.15) is 0 Å². The molecule has 0 radical (unpaired) electrons. The minimum atomic E-state index is -0.826. The first kappa shape index (κ1) is 27.9. The van der Waals surface area contributed by atoms with Gasteiger partial charge >= 0.3 is 0 Å². The summed E-state index contributed by atoms with van der Waals surface area (Å²) >= 11 is 6.45. The first-order valence-corrected chi connectivity index (χ1v) is 13.5. The average molecular weight is 569 g/mol. The molecule has 2 N–H and O–H groups in total. The number of carbonyl (C=O) groups is 2. The van der Waals surface area contributed by atoms with E-state index in [2.05, 4.69) is 15.3 Å². The van der Waals surface area contributed by atoms with Crippen molar-refractivity contribution in [2.24, 2.45) is 0 Å². The number of ether oxygens (including phenoxy) is 2. The number of carbonyl (C=O) groups excluding carboxylic acids is 2. The maximum absolute atomic E-state index is 14.1. The van der Waals surface area contributed by atoms with Gasteiger partial charge in [0.25, 0.3) is 5.91 Å².